The Morgan fingerprint density at radius 1 is 1.07 bits per heavy atom. The zero-order chi connectivity index (χ0) is 19.3. The van der Waals surface area contributed by atoms with E-state index in [1.54, 1.807) is 16.9 Å². The van der Waals surface area contributed by atoms with Crippen LogP contribution in [0.15, 0.2) is 49.2 Å². The van der Waals surface area contributed by atoms with Crippen molar-refractivity contribution in [3.63, 3.8) is 0 Å². The topological polar surface area (TPSA) is 73.8 Å². The van der Waals surface area contributed by atoms with Crippen molar-refractivity contribution in [2.24, 2.45) is 0 Å². The quantitative estimate of drug-likeness (QED) is 0.462. The first-order chi connectivity index (χ1) is 13.6. The van der Waals surface area contributed by atoms with E-state index in [2.05, 4.69) is 27.0 Å². The zero-order valence-corrected chi connectivity index (χ0v) is 16.1. The molecule has 0 atom stereocenters. The van der Waals surface area contributed by atoms with Crippen LogP contribution >= 0.6 is 11.6 Å². The van der Waals surface area contributed by atoms with Crippen LogP contribution in [0.3, 0.4) is 0 Å². The van der Waals surface area contributed by atoms with Crippen LogP contribution in [0.4, 0.5) is 0 Å². The summed E-state index contributed by atoms with van der Waals surface area (Å²) in [6, 6.07) is 7.75. The number of nitrogens with zero attached hydrogens (tertiary/aromatic N) is 7. The predicted octanol–water partition coefficient (Wildman–Crippen LogP) is 4.18. The minimum Gasteiger partial charge on any atom is -0.337 e. The highest BCUT2D eigenvalue weighted by atomic mass is 35.5. The van der Waals surface area contributed by atoms with Gasteiger partial charge in [0, 0.05) is 36.0 Å². The Hall–Kier alpha value is -3.32. The summed E-state index contributed by atoms with van der Waals surface area (Å²) in [5.41, 5.74) is 5.56. The summed E-state index contributed by atoms with van der Waals surface area (Å²) in [6.07, 6.45) is 7.34. The summed E-state index contributed by atoms with van der Waals surface area (Å²) in [6.45, 7) is 4.82. The average molecular weight is 390 g/mol. The monoisotopic (exact) mass is 389 g/mol. The van der Waals surface area contributed by atoms with Gasteiger partial charge in [-0.05, 0) is 32.0 Å². The number of halogens is 1. The Morgan fingerprint density at radius 3 is 2.79 bits per heavy atom. The minimum atomic E-state index is 0.599. The largest absolute Gasteiger partial charge is 0.337 e. The lowest BCUT2D eigenvalue weighted by molar-refractivity contribution is 0.762. The SMILES string of the molecule is CCn1cnc(-c2ccc3c(-c4cnc5cc(Cl)c(C)nn45)ccnc3n2)c1. The van der Waals surface area contributed by atoms with Crippen LogP contribution in [0.5, 0.6) is 0 Å². The van der Waals surface area contributed by atoms with Crippen LogP contribution in [0.2, 0.25) is 5.02 Å². The number of imidazole rings is 2. The van der Waals surface area contributed by atoms with E-state index < -0.39 is 0 Å². The van der Waals surface area contributed by atoms with Gasteiger partial charge in [0.15, 0.2) is 11.3 Å². The van der Waals surface area contributed by atoms with Gasteiger partial charge in [-0.25, -0.2) is 24.5 Å². The molecule has 0 saturated carbocycles. The summed E-state index contributed by atoms with van der Waals surface area (Å²) in [7, 11) is 0. The Labute approximate surface area is 165 Å². The zero-order valence-electron chi connectivity index (χ0n) is 15.3. The van der Waals surface area contributed by atoms with Gasteiger partial charge in [0.05, 0.1) is 34.6 Å². The normalized spacial score (nSPS) is 11.5. The van der Waals surface area contributed by atoms with Gasteiger partial charge in [-0.2, -0.15) is 5.10 Å². The molecule has 0 unspecified atom stereocenters. The van der Waals surface area contributed by atoms with Crippen LogP contribution in [0, 0.1) is 6.92 Å². The molecule has 5 rings (SSSR count). The Kier molecular flexibility index (Phi) is 3.84. The number of rotatable bonds is 3. The molecule has 7 nitrogen and oxygen atoms in total. The van der Waals surface area contributed by atoms with Crippen molar-refractivity contribution in [1.82, 2.24) is 34.1 Å². The number of hydrogen-bond donors (Lipinski definition) is 0. The number of aromatic nitrogens is 7. The third-order valence-electron chi connectivity index (χ3n) is 4.76. The summed E-state index contributed by atoms with van der Waals surface area (Å²) >= 11 is 6.18. The van der Waals surface area contributed by atoms with Crippen molar-refractivity contribution in [3.8, 4) is 22.6 Å². The molecule has 0 amide bonds. The molecule has 0 N–H and O–H groups in total. The highest BCUT2D eigenvalue weighted by molar-refractivity contribution is 6.31. The van der Waals surface area contributed by atoms with Gasteiger partial charge in [0.25, 0.3) is 0 Å². The fourth-order valence-corrected chi connectivity index (χ4v) is 3.36. The Bertz CT molecular complexity index is 1340. The molecule has 5 aromatic heterocycles. The molecule has 0 aliphatic heterocycles. The molecule has 0 spiro atoms. The van der Waals surface area contributed by atoms with E-state index in [1.807, 2.05) is 48.3 Å². The lowest BCUT2D eigenvalue weighted by atomic mass is 10.1. The molecule has 138 valence electrons. The highest BCUT2D eigenvalue weighted by Gasteiger charge is 2.14. The maximum absolute atomic E-state index is 6.18. The second kappa shape index (κ2) is 6.38. The van der Waals surface area contributed by atoms with Crippen molar-refractivity contribution >= 4 is 28.3 Å². The summed E-state index contributed by atoms with van der Waals surface area (Å²) < 4.78 is 3.81. The van der Waals surface area contributed by atoms with Crippen LogP contribution in [0.1, 0.15) is 12.6 Å². The fraction of sp³-hybridized carbons (Fsp3) is 0.150. The average Bonchev–Trinajstić information content (AvgIpc) is 3.35. The molecule has 28 heavy (non-hydrogen) atoms. The number of fused-ring (bicyclic) bond motifs is 2. The Balaban J connectivity index is 1.68. The maximum atomic E-state index is 6.18. The van der Waals surface area contributed by atoms with Gasteiger partial charge in [-0.1, -0.05) is 11.6 Å². The first kappa shape index (κ1) is 16.8. The molecular weight excluding hydrogens is 374 g/mol. The van der Waals surface area contributed by atoms with Gasteiger partial charge < -0.3 is 4.57 Å². The van der Waals surface area contributed by atoms with E-state index in [-0.39, 0.29) is 0 Å². The molecule has 5 aromatic rings. The third-order valence-corrected chi connectivity index (χ3v) is 5.14. The van der Waals surface area contributed by atoms with Crippen LogP contribution in [0.25, 0.3) is 39.3 Å². The lowest BCUT2D eigenvalue weighted by Crippen LogP contribution is -1.98. The first-order valence-corrected chi connectivity index (χ1v) is 9.31. The van der Waals surface area contributed by atoms with E-state index in [9.17, 15) is 0 Å². The smallest absolute Gasteiger partial charge is 0.160 e. The van der Waals surface area contributed by atoms with Crippen molar-refractivity contribution in [2.75, 3.05) is 0 Å². The van der Waals surface area contributed by atoms with Crippen LogP contribution < -0.4 is 0 Å². The molecule has 0 saturated heterocycles. The number of pyridine rings is 2. The van der Waals surface area contributed by atoms with Gasteiger partial charge in [-0.3, -0.25) is 0 Å². The van der Waals surface area contributed by atoms with E-state index in [4.69, 9.17) is 16.6 Å². The van der Waals surface area contributed by atoms with E-state index in [1.165, 1.54) is 0 Å². The van der Waals surface area contributed by atoms with Crippen molar-refractivity contribution in [3.05, 3.63) is 59.9 Å². The van der Waals surface area contributed by atoms with E-state index in [0.29, 0.717) is 16.3 Å². The second-order valence-electron chi connectivity index (χ2n) is 6.51. The van der Waals surface area contributed by atoms with E-state index in [0.717, 1.165) is 40.3 Å². The van der Waals surface area contributed by atoms with Crippen molar-refractivity contribution < 1.29 is 0 Å². The summed E-state index contributed by atoms with van der Waals surface area (Å²) in [5, 5.41) is 6.09. The van der Waals surface area contributed by atoms with Gasteiger partial charge in [0.2, 0.25) is 0 Å². The predicted molar refractivity (Wildman–Crippen MR) is 108 cm³/mol. The number of hydrogen-bond acceptors (Lipinski definition) is 5. The van der Waals surface area contributed by atoms with Crippen molar-refractivity contribution in [2.45, 2.75) is 20.4 Å². The van der Waals surface area contributed by atoms with E-state index >= 15 is 0 Å². The molecular formula is C20H16ClN7. The molecule has 5 heterocycles. The van der Waals surface area contributed by atoms with Crippen LogP contribution in [-0.2, 0) is 6.54 Å². The minimum absolute atomic E-state index is 0.599. The summed E-state index contributed by atoms with van der Waals surface area (Å²) in [4.78, 5) is 18.1. The van der Waals surface area contributed by atoms with Gasteiger partial charge >= 0.3 is 0 Å². The fourth-order valence-electron chi connectivity index (χ4n) is 3.22. The standard InChI is InChI=1S/C20H16ClN7/c1-3-27-10-17(24-11-27)16-5-4-14-13(6-7-22-20(14)25-16)18-9-23-19-8-15(21)12(2)26-28(18)19/h4-11H,3H2,1-2H3. The summed E-state index contributed by atoms with van der Waals surface area (Å²) in [5.74, 6) is 0. The molecule has 0 aromatic carbocycles. The Morgan fingerprint density at radius 2 is 1.96 bits per heavy atom. The molecule has 8 heteroatoms. The van der Waals surface area contributed by atoms with Gasteiger partial charge in [0.1, 0.15) is 5.69 Å². The molecule has 0 bridgehead atoms. The second-order valence-corrected chi connectivity index (χ2v) is 6.91. The molecule has 0 radical (unpaired) electrons. The molecule has 0 aliphatic rings. The van der Waals surface area contributed by atoms with Crippen LogP contribution in [-0.4, -0.2) is 34.1 Å². The highest BCUT2D eigenvalue weighted by Crippen LogP contribution is 2.29. The number of aryl methyl sites for hydroxylation is 2. The molecule has 0 fully saturated rings. The first-order valence-electron chi connectivity index (χ1n) is 8.93. The van der Waals surface area contributed by atoms with Crippen molar-refractivity contribution in [1.29, 1.82) is 0 Å². The lowest BCUT2D eigenvalue weighted by Gasteiger charge is -2.07. The van der Waals surface area contributed by atoms with Gasteiger partial charge in [-0.15, -0.1) is 0 Å². The molecule has 0 aliphatic carbocycles. The maximum Gasteiger partial charge on any atom is 0.160 e. The third kappa shape index (κ3) is 2.63.